The van der Waals surface area contributed by atoms with E-state index in [0.29, 0.717) is 17.0 Å². The molecule has 26 heavy (non-hydrogen) atoms. The number of aromatic nitrogens is 1. The molecule has 4 nitrogen and oxygen atoms in total. The van der Waals surface area contributed by atoms with Crippen LogP contribution in [0.5, 0.6) is 0 Å². The first kappa shape index (κ1) is 18.2. The van der Waals surface area contributed by atoms with Gasteiger partial charge >= 0.3 is 0 Å². The molecule has 2 aromatic rings. The Morgan fingerprint density at radius 1 is 1.31 bits per heavy atom. The third kappa shape index (κ3) is 4.71. The highest BCUT2D eigenvalue weighted by molar-refractivity contribution is 5.94. The maximum Gasteiger partial charge on any atom is 0.251 e. The number of pyridine rings is 1. The first-order valence-corrected chi connectivity index (χ1v) is 8.91. The minimum Gasteiger partial charge on any atom is -0.378 e. The van der Waals surface area contributed by atoms with Crippen molar-refractivity contribution in [2.24, 2.45) is 5.92 Å². The lowest BCUT2D eigenvalue weighted by Crippen LogP contribution is -2.31. The molecule has 0 saturated heterocycles. The van der Waals surface area contributed by atoms with E-state index in [9.17, 15) is 9.90 Å². The fourth-order valence-electron chi connectivity index (χ4n) is 2.85. The highest BCUT2D eigenvalue weighted by Gasteiger charge is 2.35. The van der Waals surface area contributed by atoms with Crippen LogP contribution >= 0.6 is 0 Å². The average Bonchev–Trinajstić information content (AvgIpc) is 3.43. The zero-order chi connectivity index (χ0) is 18.7. The third-order valence-corrected chi connectivity index (χ3v) is 4.36. The topological polar surface area (TPSA) is 62.2 Å². The number of aryl methyl sites for hydroxylation is 1. The predicted octanol–water partition coefficient (Wildman–Crippen LogP) is 3.39. The molecule has 3 rings (SSSR count). The molecule has 1 aliphatic carbocycles. The number of nitrogens with one attached hydrogen (secondary N) is 1. The van der Waals surface area contributed by atoms with Crippen LogP contribution < -0.4 is 5.32 Å². The molecule has 4 heteroatoms. The molecule has 134 valence electrons. The Morgan fingerprint density at radius 2 is 2.08 bits per heavy atom. The van der Waals surface area contributed by atoms with Gasteiger partial charge in [-0.05, 0) is 69.4 Å². The van der Waals surface area contributed by atoms with Gasteiger partial charge in [0.15, 0.2) is 0 Å². The van der Waals surface area contributed by atoms with Crippen molar-refractivity contribution in [1.82, 2.24) is 10.3 Å². The second-order valence-corrected chi connectivity index (χ2v) is 7.38. The summed E-state index contributed by atoms with van der Waals surface area (Å²) in [6, 6.07) is 11.0. The van der Waals surface area contributed by atoms with E-state index in [4.69, 9.17) is 0 Å². The minimum absolute atomic E-state index is 0.0604. The lowest BCUT2D eigenvalue weighted by Gasteiger charge is -2.19. The van der Waals surface area contributed by atoms with Gasteiger partial charge in [-0.15, -0.1) is 0 Å². The summed E-state index contributed by atoms with van der Waals surface area (Å²) in [4.78, 5) is 17.3. The van der Waals surface area contributed by atoms with E-state index in [1.165, 1.54) is 0 Å². The van der Waals surface area contributed by atoms with Crippen LogP contribution in [0, 0.1) is 24.7 Å². The minimum atomic E-state index is -1.06. The fourth-order valence-corrected chi connectivity index (χ4v) is 2.85. The second-order valence-electron chi connectivity index (χ2n) is 7.38. The molecule has 0 aliphatic heterocycles. The number of nitrogens with zero attached hydrogens (tertiary/aromatic N) is 1. The molecule has 1 atom stereocenters. The molecule has 0 spiro atoms. The molecule has 0 radical (unpaired) electrons. The molecular weight excluding hydrogens is 324 g/mol. The van der Waals surface area contributed by atoms with Crippen LogP contribution in [0.2, 0.25) is 0 Å². The first-order valence-electron chi connectivity index (χ1n) is 8.91. The molecular formula is C22H24N2O2. The summed E-state index contributed by atoms with van der Waals surface area (Å²) < 4.78 is 0. The Labute approximate surface area is 154 Å². The van der Waals surface area contributed by atoms with Gasteiger partial charge in [-0.1, -0.05) is 24.0 Å². The summed E-state index contributed by atoms with van der Waals surface area (Å²) in [6.45, 7) is 5.29. The lowest BCUT2D eigenvalue weighted by atomic mass is 10.0. The summed E-state index contributed by atoms with van der Waals surface area (Å²) in [5.41, 5.74) is 2.24. The van der Waals surface area contributed by atoms with Gasteiger partial charge < -0.3 is 10.4 Å². The van der Waals surface area contributed by atoms with Crippen molar-refractivity contribution >= 4 is 5.91 Å². The van der Waals surface area contributed by atoms with Crippen LogP contribution in [0.15, 0.2) is 42.6 Å². The standard InChI is InChI=1S/C22H24N2O2/c1-15-6-5-13-23-19(15)20(17-9-10-17)24-21(25)18-8-4-7-16(14-18)11-12-22(2,3)26/h4-8,13-14,17,20,26H,9-10H2,1-3H3,(H,24,25)/t20-/m1/s1. The molecule has 1 saturated carbocycles. The summed E-state index contributed by atoms with van der Waals surface area (Å²) in [5.74, 6) is 6.01. The largest absolute Gasteiger partial charge is 0.378 e. The number of aliphatic hydroxyl groups is 1. The van der Waals surface area contributed by atoms with Crippen LogP contribution in [-0.4, -0.2) is 21.6 Å². The number of amides is 1. The third-order valence-electron chi connectivity index (χ3n) is 4.36. The van der Waals surface area contributed by atoms with Gasteiger partial charge in [0.1, 0.15) is 5.60 Å². The predicted molar refractivity (Wildman–Crippen MR) is 102 cm³/mol. The van der Waals surface area contributed by atoms with Gasteiger partial charge in [0.05, 0.1) is 11.7 Å². The normalized spacial score (nSPS) is 14.9. The van der Waals surface area contributed by atoms with E-state index in [0.717, 1.165) is 24.1 Å². The zero-order valence-corrected chi connectivity index (χ0v) is 15.4. The Balaban J connectivity index is 1.80. The van der Waals surface area contributed by atoms with Crippen LogP contribution in [0.25, 0.3) is 0 Å². The zero-order valence-electron chi connectivity index (χ0n) is 15.4. The monoisotopic (exact) mass is 348 g/mol. The molecule has 1 fully saturated rings. The van der Waals surface area contributed by atoms with Crippen molar-refractivity contribution in [3.05, 3.63) is 65.0 Å². The Kier molecular flexibility index (Phi) is 5.11. The van der Waals surface area contributed by atoms with E-state index >= 15 is 0 Å². The average molecular weight is 348 g/mol. The highest BCUT2D eigenvalue weighted by Crippen LogP contribution is 2.41. The molecule has 1 aliphatic rings. The van der Waals surface area contributed by atoms with E-state index in [1.807, 2.05) is 25.1 Å². The molecule has 0 bridgehead atoms. The SMILES string of the molecule is Cc1cccnc1[C@H](NC(=O)c1cccc(C#CC(C)(C)O)c1)C1CC1. The van der Waals surface area contributed by atoms with Gasteiger partial charge in [-0.2, -0.15) is 0 Å². The highest BCUT2D eigenvalue weighted by atomic mass is 16.3. The fraction of sp³-hybridized carbons (Fsp3) is 0.364. The van der Waals surface area contributed by atoms with Crippen molar-refractivity contribution in [2.75, 3.05) is 0 Å². The van der Waals surface area contributed by atoms with Crippen LogP contribution in [0.3, 0.4) is 0 Å². The molecule has 1 heterocycles. The van der Waals surface area contributed by atoms with Crippen molar-refractivity contribution in [2.45, 2.75) is 45.3 Å². The number of carbonyl (C=O) groups is 1. The number of carbonyl (C=O) groups excluding carboxylic acids is 1. The number of hydrogen-bond acceptors (Lipinski definition) is 3. The van der Waals surface area contributed by atoms with Gasteiger partial charge in [0, 0.05) is 17.3 Å². The summed E-state index contributed by atoms with van der Waals surface area (Å²) in [6.07, 6.45) is 3.99. The van der Waals surface area contributed by atoms with Crippen LogP contribution in [0.1, 0.15) is 59.9 Å². The number of hydrogen-bond donors (Lipinski definition) is 2. The van der Waals surface area contributed by atoms with E-state index in [-0.39, 0.29) is 11.9 Å². The van der Waals surface area contributed by atoms with Gasteiger partial charge in [-0.3, -0.25) is 9.78 Å². The quantitative estimate of drug-likeness (QED) is 0.833. The van der Waals surface area contributed by atoms with Crippen LogP contribution in [-0.2, 0) is 0 Å². The van der Waals surface area contributed by atoms with Crippen molar-refractivity contribution in [3.8, 4) is 11.8 Å². The number of benzene rings is 1. The maximum atomic E-state index is 12.8. The maximum absolute atomic E-state index is 12.8. The smallest absolute Gasteiger partial charge is 0.251 e. The Bertz CT molecular complexity index is 867. The number of rotatable bonds is 4. The van der Waals surface area contributed by atoms with E-state index in [2.05, 4.69) is 22.1 Å². The van der Waals surface area contributed by atoms with Gasteiger partial charge in [0.25, 0.3) is 5.91 Å². The van der Waals surface area contributed by atoms with Crippen molar-refractivity contribution in [1.29, 1.82) is 0 Å². The lowest BCUT2D eigenvalue weighted by molar-refractivity contribution is 0.0930. The second kappa shape index (κ2) is 7.31. The van der Waals surface area contributed by atoms with E-state index < -0.39 is 5.60 Å². The Morgan fingerprint density at radius 3 is 2.73 bits per heavy atom. The molecule has 0 unspecified atom stereocenters. The van der Waals surface area contributed by atoms with Crippen molar-refractivity contribution in [3.63, 3.8) is 0 Å². The van der Waals surface area contributed by atoms with Crippen molar-refractivity contribution < 1.29 is 9.90 Å². The van der Waals surface area contributed by atoms with Gasteiger partial charge in [0.2, 0.25) is 0 Å². The molecule has 2 N–H and O–H groups in total. The summed E-state index contributed by atoms with van der Waals surface area (Å²) in [7, 11) is 0. The summed E-state index contributed by atoms with van der Waals surface area (Å²) >= 11 is 0. The Hall–Kier alpha value is -2.64. The molecule has 1 aromatic carbocycles. The van der Waals surface area contributed by atoms with Crippen LogP contribution in [0.4, 0.5) is 0 Å². The first-order chi connectivity index (χ1) is 12.3. The van der Waals surface area contributed by atoms with E-state index in [1.54, 1.807) is 38.2 Å². The van der Waals surface area contributed by atoms with Gasteiger partial charge in [-0.25, -0.2) is 0 Å². The summed E-state index contributed by atoms with van der Waals surface area (Å²) in [5, 5.41) is 12.9. The molecule has 1 aromatic heterocycles. The molecule has 1 amide bonds.